The van der Waals surface area contributed by atoms with E-state index in [2.05, 4.69) is 6.92 Å². The lowest BCUT2D eigenvalue weighted by Crippen LogP contribution is -2.36. The van der Waals surface area contributed by atoms with Crippen molar-refractivity contribution in [1.82, 2.24) is 0 Å². The molecule has 1 aliphatic rings. The highest BCUT2D eigenvalue weighted by molar-refractivity contribution is 5.89. The second kappa shape index (κ2) is 4.88. The Hall–Kier alpha value is -1.35. The molecule has 0 unspecified atom stereocenters. The second-order valence-corrected chi connectivity index (χ2v) is 4.79. The van der Waals surface area contributed by atoms with Gasteiger partial charge in [0.15, 0.2) is 0 Å². The molecule has 0 amide bonds. The predicted octanol–water partition coefficient (Wildman–Crippen LogP) is 2.66. The summed E-state index contributed by atoms with van der Waals surface area (Å²) in [4.78, 5) is 11.8. The Kier molecular flexibility index (Phi) is 3.48. The molecule has 0 bridgehead atoms. The van der Waals surface area contributed by atoms with Crippen LogP contribution in [-0.4, -0.2) is 24.8 Å². The van der Waals surface area contributed by atoms with Gasteiger partial charge in [-0.15, -0.1) is 0 Å². The summed E-state index contributed by atoms with van der Waals surface area (Å²) in [6, 6.07) is 9.04. The van der Waals surface area contributed by atoms with Crippen LogP contribution in [0.2, 0.25) is 0 Å². The van der Waals surface area contributed by atoms with E-state index in [-0.39, 0.29) is 11.6 Å². The maximum atomic E-state index is 11.8. The zero-order chi connectivity index (χ0) is 12.3. The highest BCUT2D eigenvalue weighted by atomic mass is 16.6. The van der Waals surface area contributed by atoms with Crippen LogP contribution >= 0.6 is 0 Å². The molecule has 1 aromatic rings. The Labute approximate surface area is 102 Å². The van der Waals surface area contributed by atoms with E-state index in [0.29, 0.717) is 18.1 Å². The first-order valence-electron chi connectivity index (χ1n) is 5.98. The minimum atomic E-state index is -0.329. The van der Waals surface area contributed by atoms with E-state index in [1.165, 1.54) is 0 Å². The molecule has 1 saturated heterocycles. The van der Waals surface area contributed by atoms with Crippen molar-refractivity contribution in [2.75, 3.05) is 13.2 Å². The van der Waals surface area contributed by atoms with Crippen LogP contribution in [0.25, 0.3) is 0 Å². The van der Waals surface area contributed by atoms with Crippen LogP contribution in [0.4, 0.5) is 0 Å². The van der Waals surface area contributed by atoms with E-state index in [9.17, 15) is 4.79 Å². The molecule has 0 N–H and O–H groups in total. The van der Waals surface area contributed by atoms with Gasteiger partial charge in [0.2, 0.25) is 0 Å². The molecule has 0 radical (unpaired) electrons. The van der Waals surface area contributed by atoms with E-state index < -0.39 is 0 Å². The number of rotatable bonds is 3. The molecule has 3 heteroatoms. The molecule has 1 aromatic carbocycles. The van der Waals surface area contributed by atoms with Crippen molar-refractivity contribution in [2.24, 2.45) is 5.92 Å². The van der Waals surface area contributed by atoms with Gasteiger partial charge in [0.05, 0.1) is 5.56 Å². The van der Waals surface area contributed by atoms with Gasteiger partial charge in [0, 0.05) is 6.61 Å². The van der Waals surface area contributed by atoms with Crippen molar-refractivity contribution in [3.63, 3.8) is 0 Å². The molecule has 17 heavy (non-hydrogen) atoms. The molecule has 1 heterocycles. The maximum absolute atomic E-state index is 11.8. The lowest BCUT2D eigenvalue weighted by molar-refractivity contribution is -0.0542. The van der Waals surface area contributed by atoms with Gasteiger partial charge in [-0.3, -0.25) is 0 Å². The van der Waals surface area contributed by atoms with Crippen molar-refractivity contribution in [1.29, 1.82) is 0 Å². The molecular formula is C14H18O3. The number of benzene rings is 1. The molecule has 1 fully saturated rings. The summed E-state index contributed by atoms with van der Waals surface area (Å²) in [6.45, 7) is 5.20. The van der Waals surface area contributed by atoms with Crippen LogP contribution in [0.1, 0.15) is 30.6 Å². The van der Waals surface area contributed by atoms with Crippen LogP contribution < -0.4 is 0 Å². The average Bonchev–Trinajstić information content (AvgIpc) is 2.68. The van der Waals surface area contributed by atoms with Crippen LogP contribution in [0.15, 0.2) is 30.3 Å². The van der Waals surface area contributed by atoms with Gasteiger partial charge in [-0.25, -0.2) is 4.79 Å². The van der Waals surface area contributed by atoms with Gasteiger partial charge in [-0.2, -0.15) is 0 Å². The normalized spacial score (nSPS) is 28.0. The summed E-state index contributed by atoms with van der Waals surface area (Å²) in [5.74, 6) is 0.139. The minimum Gasteiger partial charge on any atom is -0.459 e. The average molecular weight is 234 g/mol. The topological polar surface area (TPSA) is 35.5 Å². The maximum Gasteiger partial charge on any atom is 0.338 e. The molecule has 0 saturated carbocycles. The third-order valence-electron chi connectivity index (χ3n) is 3.52. The molecule has 2 rings (SSSR count). The second-order valence-electron chi connectivity index (χ2n) is 4.79. The summed E-state index contributed by atoms with van der Waals surface area (Å²) in [5.41, 5.74) is 0.256. The van der Waals surface area contributed by atoms with Crippen molar-refractivity contribution in [3.05, 3.63) is 35.9 Å². The quantitative estimate of drug-likeness (QED) is 0.754. The SMILES string of the molecule is C[C@H]1CCO[C@]1(C)COC(=O)c1ccccc1. The molecule has 92 valence electrons. The van der Waals surface area contributed by atoms with E-state index in [1.807, 2.05) is 25.1 Å². The number of ether oxygens (including phenoxy) is 2. The fourth-order valence-electron chi connectivity index (χ4n) is 1.97. The Bertz CT molecular complexity index is 388. The monoisotopic (exact) mass is 234 g/mol. The summed E-state index contributed by atoms with van der Waals surface area (Å²) in [6.07, 6.45) is 1.03. The zero-order valence-corrected chi connectivity index (χ0v) is 10.3. The third-order valence-corrected chi connectivity index (χ3v) is 3.52. The molecule has 0 aliphatic carbocycles. The number of esters is 1. The van der Waals surface area contributed by atoms with E-state index >= 15 is 0 Å². The zero-order valence-electron chi connectivity index (χ0n) is 10.3. The van der Waals surface area contributed by atoms with Crippen LogP contribution in [0.3, 0.4) is 0 Å². The number of hydrogen-bond acceptors (Lipinski definition) is 3. The van der Waals surface area contributed by atoms with E-state index in [1.54, 1.807) is 12.1 Å². The minimum absolute atomic E-state index is 0.283. The largest absolute Gasteiger partial charge is 0.459 e. The highest BCUT2D eigenvalue weighted by Crippen LogP contribution is 2.31. The van der Waals surface area contributed by atoms with Crippen LogP contribution in [-0.2, 0) is 9.47 Å². The first-order chi connectivity index (χ1) is 8.12. The number of hydrogen-bond donors (Lipinski definition) is 0. The van der Waals surface area contributed by atoms with E-state index in [4.69, 9.17) is 9.47 Å². The van der Waals surface area contributed by atoms with Gasteiger partial charge >= 0.3 is 5.97 Å². The van der Waals surface area contributed by atoms with Crippen molar-refractivity contribution < 1.29 is 14.3 Å². The summed E-state index contributed by atoms with van der Waals surface area (Å²) in [7, 11) is 0. The Balaban J connectivity index is 1.93. The first kappa shape index (κ1) is 12.1. The number of carbonyl (C=O) groups excluding carboxylic acids is 1. The fraction of sp³-hybridized carbons (Fsp3) is 0.500. The van der Waals surface area contributed by atoms with Crippen LogP contribution in [0.5, 0.6) is 0 Å². The Morgan fingerprint density at radius 3 is 2.76 bits per heavy atom. The van der Waals surface area contributed by atoms with Gasteiger partial charge in [-0.05, 0) is 31.4 Å². The fourth-order valence-corrected chi connectivity index (χ4v) is 1.97. The van der Waals surface area contributed by atoms with Gasteiger partial charge in [-0.1, -0.05) is 25.1 Å². The Morgan fingerprint density at radius 2 is 2.18 bits per heavy atom. The van der Waals surface area contributed by atoms with Gasteiger partial charge < -0.3 is 9.47 Å². The third kappa shape index (κ3) is 2.67. The van der Waals surface area contributed by atoms with E-state index in [0.717, 1.165) is 13.0 Å². The van der Waals surface area contributed by atoms with Crippen LogP contribution in [0, 0.1) is 5.92 Å². The highest BCUT2D eigenvalue weighted by Gasteiger charge is 2.38. The van der Waals surface area contributed by atoms with Gasteiger partial charge in [0.25, 0.3) is 0 Å². The first-order valence-corrected chi connectivity index (χ1v) is 5.98. The Morgan fingerprint density at radius 1 is 1.47 bits per heavy atom. The smallest absolute Gasteiger partial charge is 0.338 e. The lowest BCUT2D eigenvalue weighted by Gasteiger charge is -2.27. The predicted molar refractivity (Wildman–Crippen MR) is 64.9 cm³/mol. The molecule has 1 aliphatic heterocycles. The molecule has 2 atom stereocenters. The van der Waals surface area contributed by atoms with Crippen molar-refractivity contribution >= 4 is 5.97 Å². The standard InChI is InChI=1S/C14H18O3/c1-11-8-9-17-14(11,2)10-16-13(15)12-6-4-3-5-7-12/h3-7,11H,8-10H2,1-2H3/t11-,14+/m0/s1. The lowest BCUT2D eigenvalue weighted by atomic mass is 9.92. The number of carbonyl (C=O) groups is 1. The van der Waals surface area contributed by atoms with Crippen molar-refractivity contribution in [3.8, 4) is 0 Å². The van der Waals surface area contributed by atoms with Gasteiger partial charge in [0.1, 0.15) is 12.2 Å². The summed E-state index contributed by atoms with van der Waals surface area (Å²) < 4.78 is 11.0. The molecule has 0 aromatic heterocycles. The molecular weight excluding hydrogens is 216 g/mol. The summed E-state index contributed by atoms with van der Waals surface area (Å²) >= 11 is 0. The molecule has 3 nitrogen and oxygen atoms in total. The van der Waals surface area contributed by atoms with Crippen molar-refractivity contribution in [2.45, 2.75) is 25.9 Å². The summed E-state index contributed by atoms with van der Waals surface area (Å²) in [5, 5.41) is 0. The molecule has 0 spiro atoms.